The number of hydrogen-bond acceptors (Lipinski definition) is 6. The molecule has 1 saturated carbocycles. The van der Waals surface area contributed by atoms with Crippen LogP contribution in [0.5, 0.6) is 11.5 Å². The summed E-state index contributed by atoms with van der Waals surface area (Å²) in [5.41, 5.74) is 3.92. The van der Waals surface area contributed by atoms with Crippen molar-refractivity contribution in [3.63, 3.8) is 0 Å². The van der Waals surface area contributed by atoms with Gasteiger partial charge in [-0.05, 0) is 110 Å². The van der Waals surface area contributed by atoms with Crippen LogP contribution in [0.2, 0.25) is 0 Å². The molecular weight excluding hydrogens is 528 g/mol. The van der Waals surface area contributed by atoms with Crippen LogP contribution < -0.4 is 9.47 Å². The van der Waals surface area contributed by atoms with E-state index in [2.05, 4.69) is 32.1 Å². The lowest BCUT2D eigenvalue weighted by Crippen LogP contribution is -2.34. The van der Waals surface area contributed by atoms with Crippen LogP contribution in [0.4, 0.5) is 0 Å². The molecule has 0 bridgehead atoms. The summed E-state index contributed by atoms with van der Waals surface area (Å²) < 4.78 is 16.1. The second-order valence-electron chi connectivity index (χ2n) is 12.7. The van der Waals surface area contributed by atoms with Crippen LogP contribution in [0.15, 0.2) is 65.3 Å². The highest BCUT2D eigenvalue weighted by atomic mass is 16.5. The molecule has 0 saturated heterocycles. The van der Waals surface area contributed by atoms with Crippen molar-refractivity contribution in [2.24, 2.45) is 35.0 Å². The van der Waals surface area contributed by atoms with Gasteiger partial charge in [0, 0.05) is 6.42 Å². The van der Waals surface area contributed by atoms with Gasteiger partial charge in [-0.2, -0.15) is 0 Å². The van der Waals surface area contributed by atoms with Crippen molar-refractivity contribution < 1.29 is 28.6 Å². The molecule has 0 N–H and O–H groups in total. The molecule has 6 nitrogen and oxygen atoms in total. The second kappa shape index (κ2) is 13.7. The van der Waals surface area contributed by atoms with Gasteiger partial charge in [0.25, 0.3) is 0 Å². The summed E-state index contributed by atoms with van der Waals surface area (Å²) in [6, 6.07) is 5.65. The first-order valence-corrected chi connectivity index (χ1v) is 15.2. The van der Waals surface area contributed by atoms with E-state index in [-0.39, 0.29) is 35.6 Å². The van der Waals surface area contributed by atoms with Gasteiger partial charge in [-0.25, -0.2) is 0 Å². The third kappa shape index (κ3) is 6.96. The van der Waals surface area contributed by atoms with E-state index in [1.807, 2.05) is 38.1 Å². The molecule has 0 aromatic heterocycles. The van der Waals surface area contributed by atoms with Gasteiger partial charge in [-0.1, -0.05) is 49.8 Å². The standard InChI is InChI=1S/C36H46O6/c1-23(22-42-34(39)15-11-26-10-14-32(40-5)33(19-26)41-6)8-7-9-24(2)28-16-17-36(4)20-29-25(3)18-31(38)35(29)27(21-37)12-13-30(28)36/h7-10,12,14,18-19,21,24,28-30,35H,11,13,15-17,20,22H2,1-6H3/b9-7-,23-8-,27-12-/t24-,28+,29+,30-,35-,36+/m0/s1. The van der Waals surface area contributed by atoms with E-state index in [4.69, 9.17) is 14.2 Å². The SMILES string of the molecule is COc1ccc(CCC(=O)OC/C(C)=C\C=C/[C@H](C)[C@H]2CC[C@]3(C)C[C@@H]4C(C)=CC(=O)[C@H]4/C(C=O)=C\C[C@@H]23)cc1OC. The van der Waals surface area contributed by atoms with Gasteiger partial charge in [0.1, 0.15) is 12.9 Å². The van der Waals surface area contributed by atoms with Gasteiger partial charge >= 0.3 is 5.97 Å². The van der Waals surface area contributed by atoms with E-state index in [1.54, 1.807) is 20.3 Å². The average molecular weight is 575 g/mol. The zero-order valence-electron chi connectivity index (χ0n) is 26.0. The number of hydrogen-bond donors (Lipinski definition) is 0. The summed E-state index contributed by atoms with van der Waals surface area (Å²) in [6.07, 6.45) is 16.1. The van der Waals surface area contributed by atoms with E-state index in [0.29, 0.717) is 47.7 Å². The topological polar surface area (TPSA) is 78.9 Å². The number of carbonyl (C=O) groups is 3. The van der Waals surface area contributed by atoms with Crippen molar-refractivity contribution >= 4 is 18.0 Å². The molecule has 0 aliphatic heterocycles. The molecule has 3 aliphatic rings. The Kier molecular flexibility index (Phi) is 10.3. The predicted octanol–water partition coefficient (Wildman–Crippen LogP) is 7.03. The molecular formula is C36H46O6. The molecule has 6 atom stereocenters. The number of esters is 1. The first-order valence-electron chi connectivity index (χ1n) is 15.2. The van der Waals surface area contributed by atoms with Gasteiger partial charge < -0.3 is 14.2 Å². The van der Waals surface area contributed by atoms with E-state index in [9.17, 15) is 14.4 Å². The number of ketones is 1. The van der Waals surface area contributed by atoms with E-state index in [1.165, 1.54) is 0 Å². The van der Waals surface area contributed by atoms with Crippen molar-refractivity contribution in [3.8, 4) is 11.5 Å². The summed E-state index contributed by atoms with van der Waals surface area (Å²) in [5.74, 6) is 2.37. The highest BCUT2D eigenvalue weighted by Crippen LogP contribution is 2.58. The number of benzene rings is 1. The van der Waals surface area contributed by atoms with Gasteiger partial charge in [0.2, 0.25) is 0 Å². The van der Waals surface area contributed by atoms with Crippen LogP contribution in [-0.4, -0.2) is 38.9 Å². The Morgan fingerprint density at radius 2 is 1.95 bits per heavy atom. The second-order valence-corrected chi connectivity index (χ2v) is 12.7. The molecule has 6 heteroatoms. The maximum Gasteiger partial charge on any atom is 0.306 e. The van der Waals surface area contributed by atoms with Crippen LogP contribution >= 0.6 is 0 Å². The van der Waals surface area contributed by atoms with Crippen LogP contribution in [0, 0.1) is 35.0 Å². The first-order chi connectivity index (χ1) is 20.1. The third-order valence-corrected chi connectivity index (χ3v) is 9.91. The number of aldehydes is 1. The van der Waals surface area contributed by atoms with Crippen molar-refractivity contribution in [1.82, 2.24) is 0 Å². The number of carbonyl (C=O) groups excluding carboxylic acids is 3. The summed E-state index contributed by atoms with van der Waals surface area (Å²) in [6.45, 7) is 8.96. The summed E-state index contributed by atoms with van der Waals surface area (Å²) in [7, 11) is 3.19. The predicted molar refractivity (Wildman–Crippen MR) is 164 cm³/mol. The molecule has 0 heterocycles. The fraction of sp³-hybridized carbons (Fsp3) is 0.528. The van der Waals surface area contributed by atoms with E-state index in [0.717, 1.165) is 48.7 Å². The van der Waals surface area contributed by atoms with Crippen molar-refractivity contribution in [2.75, 3.05) is 20.8 Å². The highest BCUT2D eigenvalue weighted by Gasteiger charge is 2.50. The Morgan fingerprint density at radius 1 is 1.19 bits per heavy atom. The molecule has 0 spiro atoms. The molecule has 1 fully saturated rings. The highest BCUT2D eigenvalue weighted by molar-refractivity contribution is 6.01. The molecule has 1 aromatic carbocycles. The van der Waals surface area contributed by atoms with Crippen molar-refractivity contribution in [1.29, 1.82) is 0 Å². The van der Waals surface area contributed by atoms with Crippen LogP contribution in [-0.2, 0) is 25.5 Å². The lowest BCUT2D eigenvalue weighted by Gasteiger charge is -2.40. The minimum Gasteiger partial charge on any atom is -0.493 e. The maximum atomic E-state index is 12.7. The fourth-order valence-electron chi connectivity index (χ4n) is 7.45. The Balaban J connectivity index is 1.31. The Bertz CT molecular complexity index is 1300. The number of rotatable bonds is 11. The number of methoxy groups -OCH3 is 2. The number of allylic oxidation sites excluding steroid dienone is 7. The van der Waals surface area contributed by atoms with Crippen LogP contribution in [0.1, 0.15) is 65.4 Å². The van der Waals surface area contributed by atoms with Crippen molar-refractivity contribution in [3.05, 3.63) is 70.9 Å². The van der Waals surface area contributed by atoms with E-state index >= 15 is 0 Å². The number of fused-ring (bicyclic) bond motifs is 2. The molecule has 1 aromatic rings. The van der Waals surface area contributed by atoms with Gasteiger partial charge in [0.15, 0.2) is 17.3 Å². The summed E-state index contributed by atoms with van der Waals surface area (Å²) >= 11 is 0. The molecule has 3 aliphatic carbocycles. The number of ether oxygens (including phenoxy) is 3. The monoisotopic (exact) mass is 574 g/mol. The van der Waals surface area contributed by atoms with Crippen LogP contribution in [0.3, 0.4) is 0 Å². The molecule has 226 valence electrons. The zero-order valence-corrected chi connectivity index (χ0v) is 26.0. The van der Waals surface area contributed by atoms with Gasteiger partial charge in [-0.15, -0.1) is 0 Å². The quantitative estimate of drug-likeness (QED) is 0.160. The zero-order chi connectivity index (χ0) is 30.4. The largest absolute Gasteiger partial charge is 0.493 e. The molecule has 0 amide bonds. The number of aryl methyl sites for hydroxylation is 1. The molecule has 4 rings (SSSR count). The smallest absolute Gasteiger partial charge is 0.306 e. The molecule has 0 unspecified atom stereocenters. The van der Waals surface area contributed by atoms with Crippen LogP contribution in [0.25, 0.3) is 0 Å². The lowest BCUT2D eigenvalue weighted by molar-refractivity contribution is -0.142. The fourth-order valence-corrected chi connectivity index (χ4v) is 7.45. The molecule has 0 radical (unpaired) electrons. The summed E-state index contributed by atoms with van der Waals surface area (Å²) in [5, 5.41) is 0. The van der Waals surface area contributed by atoms with Gasteiger partial charge in [0.05, 0.1) is 20.1 Å². The Morgan fingerprint density at radius 3 is 2.67 bits per heavy atom. The third-order valence-electron chi connectivity index (χ3n) is 9.91. The first kappa shape index (κ1) is 31.5. The minimum absolute atomic E-state index is 0.0921. The Hall–Kier alpha value is -3.41. The van der Waals surface area contributed by atoms with Gasteiger partial charge in [-0.3, -0.25) is 14.4 Å². The molecule has 42 heavy (non-hydrogen) atoms. The van der Waals surface area contributed by atoms with Crippen molar-refractivity contribution in [2.45, 2.75) is 66.2 Å². The summed E-state index contributed by atoms with van der Waals surface area (Å²) in [4.78, 5) is 37.0. The maximum absolute atomic E-state index is 12.7. The lowest BCUT2D eigenvalue weighted by atomic mass is 9.63. The average Bonchev–Trinajstić information content (AvgIpc) is 3.43. The Labute approximate surface area is 250 Å². The van der Waals surface area contributed by atoms with E-state index < -0.39 is 0 Å². The normalized spacial score (nSPS) is 29.5. The minimum atomic E-state index is -0.287.